The van der Waals surface area contributed by atoms with E-state index in [1.54, 1.807) is 13.0 Å². The molecule has 0 amide bonds. The van der Waals surface area contributed by atoms with Crippen molar-refractivity contribution in [2.75, 3.05) is 13.1 Å². The fourth-order valence-corrected chi connectivity index (χ4v) is 4.32. The van der Waals surface area contributed by atoms with Crippen LogP contribution in [0.5, 0.6) is 0 Å². The van der Waals surface area contributed by atoms with Crippen LogP contribution in [0.4, 0.5) is 5.69 Å². The van der Waals surface area contributed by atoms with Crippen molar-refractivity contribution in [2.45, 2.75) is 24.0 Å². The quantitative estimate of drug-likeness (QED) is 0.633. The largest absolute Gasteiger partial charge is 0.368 e. The number of hydrogen-bond donors (Lipinski definition) is 1. The smallest absolute Gasteiger partial charge is 0.269 e. The molecule has 1 fully saturated rings. The zero-order valence-electron chi connectivity index (χ0n) is 13.9. The summed E-state index contributed by atoms with van der Waals surface area (Å²) in [6.07, 6.45) is 0.624. The third-order valence-electron chi connectivity index (χ3n) is 4.09. The Hall–Kier alpha value is -2.56. The summed E-state index contributed by atoms with van der Waals surface area (Å²) in [5.74, 6) is 0. The zero-order valence-corrected chi connectivity index (χ0v) is 14.7. The summed E-state index contributed by atoms with van der Waals surface area (Å²) in [5.41, 5.74) is 0.235. The van der Waals surface area contributed by atoms with Crippen molar-refractivity contribution in [1.82, 2.24) is 9.29 Å². The van der Waals surface area contributed by atoms with Crippen LogP contribution >= 0.6 is 0 Å². The average molecular weight is 379 g/mol. The van der Waals surface area contributed by atoms with Crippen LogP contribution in [0.1, 0.15) is 18.6 Å². The van der Waals surface area contributed by atoms with Gasteiger partial charge in [0.1, 0.15) is 0 Å². The van der Waals surface area contributed by atoms with E-state index >= 15 is 0 Å². The number of ether oxygens (including phenoxy) is 1. The van der Waals surface area contributed by atoms with E-state index in [-0.39, 0.29) is 35.3 Å². The van der Waals surface area contributed by atoms with E-state index in [4.69, 9.17) is 4.74 Å². The average Bonchev–Trinajstić information content (AvgIpc) is 2.62. The van der Waals surface area contributed by atoms with E-state index in [9.17, 15) is 23.3 Å². The van der Waals surface area contributed by atoms with Gasteiger partial charge in [-0.05, 0) is 30.7 Å². The highest BCUT2D eigenvalue weighted by atomic mass is 32.2. The summed E-state index contributed by atoms with van der Waals surface area (Å²) in [7, 11) is -3.83. The number of aromatic amines is 1. The standard InChI is InChI=1S/C16H17N3O6S/c1-11-9-18(10-15(25-11)12-2-7-16(20)17-8-12)26(23,24)14-5-3-13(4-6-14)19(21)22/h2-8,11,15H,9-10H2,1H3,(H,17,20)/t11-,15-/m1/s1. The number of nitrogens with zero attached hydrogens (tertiary/aromatic N) is 2. The van der Waals surface area contributed by atoms with Gasteiger partial charge < -0.3 is 9.72 Å². The first-order valence-corrected chi connectivity index (χ1v) is 9.30. The minimum atomic E-state index is -3.83. The second kappa shape index (κ2) is 6.98. The number of nitrogens with one attached hydrogen (secondary N) is 1. The third kappa shape index (κ3) is 3.66. The SMILES string of the molecule is C[C@@H]1CN(S(=O)(=O)c2ccc([N+](=O)[O-])cc2)C[C@H](c2ccc(=O)[nH]c2)O1. The van der Waals surface area contributed by atoms with E-state index in [1.165, 1.54) is 28.7 Å². The van der Waals surface area contributed by atoms with E-state index in [2.05, 4.69) is 4.98 Å². The monoisotopic (exact) mass is 379 g/mol. The van der Waals surface area contributed by atoms with Gasteiger partial charge in [-0.25, -0.2) is 8.42 Å². The Morgan fingerprint density at radius 3 is 2.46 bits per heavy atom. The Bertz CT molecular complexity index is 950. The van der Waals surface area contributed by atoms with Crippen molar-refractivity contribution in [2.24, 2.45) is 0 Å². The van der Waals surface area contributed by atoms with Crippen molar-refractivity contribution >= 4 is 15.7 Å². The topological polar surface area (TPSA) is 123 Å². The lowest BCUT2D eigenvalue weighted by Crippen LogP contribution is -2.45. The first-order chi connectivity index (χ1) is 12.3. The number of non-ortho nitro benzene ring substituents is 1. The first kappa shape index (κ1) is 18.2. The fourth-order valence-electron chi connectivity index (χ4n) is 2.80. The van der Waals surface area contributed by atoms with Gasteiger partial charge in [0, 0.05) is 37.5 Å². The number of aromatic nitrogens is 1. The maximum atomic E-state index is 12.9. The van der Waals surface area contributed by atoms with Crippen LogP contribution in [0.15, 0.2) is 52.3 Å². The third-order valence-corrected chi connectivity index (χ3v) is 5.94. The van der Waals surface area contributed by atoms with Gasteiger partial charge in [-0.2, -0.15) is 4.31 Å². The zero-order chi connectivity index (χ0) is 18.9. The Morgan fingerprint density at radius 1 is 1.19 bits per heavy atom. The first-order valence-electron chi connectivity index (χ1n) is 7.86. The molecule has 3 rings (SSSR count). The number of hydrogen-bond acceptors (Lipinski definition) is 6. The van der Waals surface area contributed by atoms with Crippen molar-refractivity contribution < 1.29 is 18.1 Å². The van der Waals surface area contributed by atoms with Crippen molar-refractivity contribution in [1.29, 1.82) is 0 Å². The van der Waals surface area contributed by atoms with Crippen molar-refractivity contribution in [3.63, 3.8) is 0 Å². The second-order valence-electron chi connectivity index (χ2n) is 5.99. The highest BCUT2D eigenvalue weighted by molar-refractivity contribution is 7.89. The lowest BCUT2D eigenvalue weighted by atomic mass is 10.1. The van der Waals surface area contributed by atoms with Crippen LogP contribution in [0.25, 0.3) is 0 Å². The van der Waals surface area contributed by atoms with Gasteiger partial charge in [-0.3, -0.25) is 14.9 Å². The molecular weight excluding hydrogens is 362 g/mol. The number of benzene rings is 1. The summed E-state index contributed by atoms with van der Waals surface area (Å²) in [5, 5.41) is 10.7. The van der Waals surface area contributed by atoms with E-state index < -0.39 is 21.1 Å². The number of morpholine rings is 1. The summed E-state index contributed by atoms with van der Waals surface area (Å²) in [4.78, 5) is 23.9. The van der Waals surface area contributed by atoms with Crippen molar-refractivity contribution in [3.05, 3.63) is 68.6 Å². The molecular formula is C16H17N3O6S. The van der Waals surface area contributed by atoms with Gasteiger partial charge in [0.15, 0.2) is 0 Å². The molecule has 10 heteroatoms. The molecule has 0 saturated carbocycles. The van der Waals surface area contributed by atoms with Crippen LogP contribution in [-0.4, -0.2) is 41.8 Å². The molecule has 1 N–H and O–H groups in total. The Morgan fingerprint density at radius 2 is 1.88 bits per heavy atom. The van der Waals surface area contributed by atoms with Crippen LogP contribution in [0.3, 0.4) is 0 Å². The molecule has 1 saturated heterocycles. The van der Waals surface area contributed by atoms with Crippen LogP contribution in [-0.2, 0) is 14.8 Å². The molecule has 0 unspecified atom stereocenters. The summed E-state index contributed by atoms with van der Waals surface area (Å²) in [6, 6.07) is 7.73. The Kier molecular flexibility index (Phi) is 4.90. The molecule has 0 bridgehead atoms. The predicted molar refractivity (Wildman–Crippen MR) is 92.2 cm³/mol. The normalized spacial score (nSPS) is 21.4. The van der Waals surface area contributed by atoms with Crippen LogP contribution in [0, 0.1) is 10.1 Å². The second-order valence-corrected chi connectivity index (χ2v) is 7.93. The van der Waals surface area contributed by atoms with Gasteiger partial charge >= 0.3 is 0 Å². The van der Waals surface area contributed by atoms with Gasteiger partial charge in [-0.15, -0.1) is 0 Å². The van der Waals surface area contributed by atoms with E-state index in [1.807, 2.05) is 0 Å². The maximum absolute atomic E-state index is 12.9. The number of pyridine rings is 1. The molecule has 26 heavy (non-hydrogen) atoms. The van der Waals surface area contributed by atoms with E-state index in [0.29, 0.717) is 5.56 Å². The minimum Gasteiger partial charge on any atom is -0.368 e. The molecule has 1 aromatic heterocycles. The molecule has 2 heterocycles. The molecule has 0 radical (unpaired) electrons. The van der Waals surface area contributed by atoms with Gasteiger partial charge in [0.2, 0.25) is 15.6 Å². The van der Waals surface area contributed by atoms with Gasteiger partial charge in [0.25, 0.3) is 5.69 Å². The lowest BCUT2D eigenvalue weighted by Gasteiger charge is -2.36. The molecule has 2 atom stereocenters. The van der Waals surface area contributed by atoms with Crippen LogP contribution in [0.2, 0.25) is 0 Å². The minimum absolute atomic E-state index is 0.0163. The molecule has 2 aromatic rings. The summed E-state index contributed by atoms with van der Waals surface area (Å²) in [6.45, 7) is 2.01. The fraction of sp³-hybridized carbons (Fsp3) is 0.312. The lowest BCUT2D eigenvalue weighted by molar-refractivity contribution is -0.384. The summed E-state index contributed by atoms with van der Waals surface area (Å²) >= 11 is 0. The highest BCUT2D eigenvalue weighted by Gasteiger charge is 2.34. The van der Waals surface area contributed by atoms with Gasteiger partial charge in [-0.1, -0.05) is 0 Å². The highest BCUT2D eigenvalue weighted by Crippen LogP contribution is 2.29. The van der Waals surface area contributed by atoms with Crippen LogP contribution < -0.4 is 5.56 Å². The number of H-pyrrole nitrogens is 1. The number of nitro benzene ring substituents is 1. The summed E-state index contributed by atoms with van der Waals surface area (Å²) < 4.78 is 32.9. The molecule has 138 valence electrons. The number of rotatable bonds is 4. The Labute approximate surface area is 149 Å². The molecule has 1 aromatic carbocycles. The molecule has 0 spiro atoms. The number of sulfonamides is 1. The van der Waals surface area contributed by atoms with Crippen molar-refractivity contribution in [3.8, 4) is 0 Å². The van der Waals surface area contributed by atoms with E-state index in [0.717, 1.165) is 12.1 Å². The molecule has 9 nitrogen and oxygen atoms in total. The maximum Gasteiger partial charge on any atom is 0.269 e. The number of nitro groups is 1. The predicted octanol–water partition coefficient (Wildman–Crippen LogP) is 1.43. The molecule has 1 aliphatic rings. The van der Waals surface area contributed by atoms with Gasteiger partial charge in [0.05, 0.1) is 22.0 Å². The Balaban J connectivity index is 1.87. The molecule has 0 aliphatic carbocycles. The molecule has 1 aliphatic heterocycles.